The standard InChI is InChI=1S/C22H24F3N5O2/c1-13-20-18(8-15(10-26-20)30-6-7-32-12-16(30)11-31-2)22(29-28-13)27-9-14-4-3-5-17(19(14)23)21(24)25/h3-5,8,10,16,21H,6-7,9,11-12H2,1-2H3,(H,27,29). The largest absolute Gasteiger partial charge is 0.382 e. The summed E-state index contributed by atoms with van der Waals surface area (Å²) in [7, 11) is 1.65. The summed E-state index contributed by atoms with van der Waals surface area (Å²) in [6.45, 7) is 4.12. The van der Waals surface area contributed by atoms with E-state index in [2.05, 4.69) is 25.4 Å². The topological polar surface area (TPSA) is 72.4 Å². The third-order valence-electron chi connectivity index (χ3n) is 5.48. The molecule has 7 nitrogen and oxygen atoms in total. The Morgan fingerprint density at radius 3 is 2.94 bits per heavy atom. The first-order chi connectivity index (χ1) is 15.5. The molecule has 0 bridgehead atoms. The van der Waals surface area contributed by atoms with Crippen molar-refractivity contribution in [3.8, 4) is 0 Å². The van der Waals surface area contributed by atoms with Crippen LogP contribution in [-0.4, -0.2) is 54.7 Å². The molecule has 1 saturated heterocycles. The van der Waals surface area contributed by atoms with E-state index in [0.717, 1.165) is 11.8 Å². The summed E-state index contributed by atoms with van der Waals surface area (Å²) in [5, 5.41) is 12.1. The van der Waals surface area contributed by atoms with Crippen molar-refractivity contribution in [3.05, 3.63) is 53.1 Å². The highest BCUT2D eigenvalue weighted by atomic mass is 19.3. The molecule has 1 aliphatic heterocycles. The molecular formula is C22H24F3N5O2. The molecular weight excluding hydrogens is 423 g/mol. The summed E-state index contributed by atoms with van der Waals surface area (Å²) in [4.78, 5) is 6.75. The van der Waals surface area contributed by atoms with Gasteiger partial charge in [-0.2, -0.15) is 5.10 Å². The van der Waals surface area contributed by atoms with E-state index in [-0.39, 0.29) is 18.2 Å². The van der Waals surface area contributed by atoms with Gasteiger partial charge in [0.2, 0.25) is 0 Å². The zero-order chi connectivity index (χ0) is 22.7. The maximum atomic E-state index is 14.4. The van der Waals surface area contributed by atoms with Gasteiger partial charge in [-0.15, -0.1) is 5.10 Å². The van der Waals surface area contributed by atoms with Crippen molar-refractivity contribution in [1.29, 1.82) is 0 Å². The van der Waals surface area contributed by atoms with Crippen LogP contribution in [0.2, 0.25) is 0 Å². The predicted octanol–water partition coefficient (Wildman–Crippen LogP) is 3.87. The van der Waals surface area contributed by atoms with E-state index in [1.165, 1.54) is 12.1 Å². The van der Waals surface area contributed by atoms with E-state index < -0.39 is 17.8 Å². The van der Waals surface area contributed by atoms with Crippen LogP contribution < -0.4 is 10.2 Å². The number of benzene rings is 1. The van der Waals surface area contributed by atoms with Crippen LogP contribution in [0.3, 0.4) is 0 Å². The third-order valence-corrected chi connectivity index (χ3v) is 5.48. The van der Waals surface area contributed by atoms with Gasteiger partial charge < -0.3 is 19.7 Å². The van der Waals surface area contributed by atoms with Gasteiger partial charge in [-0.25, -0.2) is 13.2 Å². The average Bonchev–Trinajstić information content (AvgIpc) is 2.80. The van der Waals surface area contributed by atoms with Crippen LogP contribution in [0.15, 0.2) is 30.5 Å². The number of morpholine rings is 1. The molecule has 0 aliphatic carbocycles. The molecule has 2 aromatic heterocycles. The normalized spacial score (nSPS) is 16.7. The summed E-state index contributed by atoms with van der Waals surface area (Å²) >= 11 is 0. The molecule has 0 saturated carbocycles. The Balaban J connectivity index is 1.66. The summed E-state index contributed by atoms with van der Waals surface area (Å²) in [6.07, 6.45) is -1.10. The maximum Gasteiger partial charge on any atom is 0.266 e. The minimum Gasteiger partial charge on any atom is -0.382 e. The van der Waals surface area contributed by atoms with Crippen LogP contribution in [-0.2, 0) is 16.0 Å². The molecule has 0 spiro atoms. The summed E-state index contributed by atoms with van der Waals surface area (Å²) in [5.41, 5.74) is 1.69. The second kappa shape index (κ2) is 9.66. The van der Waals surface area contributed by atoms with Gasteiger partial charge in [-0.1, -0.05) is 18.2 Å². The Hall–Kier alpha value is -2.98. The molecule has 32 heavy (non-hydrogen) atoms. The zero-order valence-corrected chi connectivity index (χ0v) is 17.8. The lowest BCUT2D eigenvalue weighted by molar-refractivity contribution is 0.0602. The number of nitrogens with one attached hydrogen (secondary N) is 1. The van der Waals surface area contributed by atoms with Crippen LogP contribution in [0.4, 0.5) is 24.7 Å². The van der Waals surface area contributed by atoms with Crippen LogP contribution in [0.25, 0.3) is 10.9 Å². The molecule has 1 N–H and O–H groups in total. The fourth-order valence-electron chi connectivity index (χ4n) is 3.85. The van der Waals surface area contributed by atoms with Gasteiger partial charge in [0.25, 0.3) is 6.43 Å². The van der Waals surface area contributed by atoms with Crippen LogP contribution >= 0.6 is 0 Å². The molecule has 4 rings (SSSR count). The van der Waals surface area contributed by atoms with E-state index in [4.69, 9.17) is 9.47 Å². The highest BCUT2D eigenvalue weighted by Crippen LogP contribution is 2.29. The Labute approximate surface area is 183 Å². The zero-order valence-electron chi connectivity index (χ0n) is 17.8. The van der Waals surface area contributed by atoms with E-state index in [1.54, 1.807) is 20.2 Å². The van der Waals surface area contributed by atoms with Crippen molar-refractivity contribution in [1.82, 2.24) is 15.2 Å². The van der Waals surface area contributed by atoms with Crippen molar-refractivity contribution in [2.45, 2.75) is 25.9 Å². The number of rotatable bonds is 7. The number of hydrogen-bond donors (Lipinski definition) is 1. The quantitative estimate of drug-likeness (QED) is 0.589. The van der Waals surface area contributed by atoms with Crippen molar-refractivity contribution >= 4 is 22.4 Å². The summed E-state index contributed by atoms with van der Waals surface area (Å²) in [5.74, 6) is -0.521. The number of aromatic nitrogens is 3. The van der Waals surface area contributed by atoms with Crippen molar-refractivity contribution in [2.24, 2.45) is 0 Å². The molecule has 1 unspecified atom stereocenters. The molecule has 10 heteroatoms. The van der Waals surface area contributed by atoms with Gasteiger partial charge in [-0.3, -0.25) is 4.98 Å². The van der Waals surface area contributed by atoms with Gasteiger partial charge in [-0.05, 0) is 13.0 Å². The number of anilines is 2. The molecule has 3 heterocycles. The monoisotopic (exact) mass is 447 g/mol. The minimum atomic E-state index is -2.88. The number of aryl methyl sites for hydroxylation is 1. The molecule has 0 radical (unpaired) electrons. The lowest BCUT2D eigenvalue weighted by Crippen LogP contribution is -2.48. The number of nitrogens with zero attached hydrogens (tertiary/aromatic N) is 4. The molecule has 1 atom stereocenters. The van der Waals surface area contributed by atoms with E-state index in [1.807, 2.05) is 6.07 Å². The van der Waals surface area contributed by atoms with Gasteiger partial charge in [0.05, 0.1) is 54.5 Å². The third kappa shape index (κ3) is 4.46. The summed E-state index contributed by atoms with van der Waals surface area (Å²) < 4.78 is 51.4. The van der Waals surface area contributed by atoms with Gasteiger partial charge in [0.15, 0.2) is 5.82 Å². The van der Waals surface area contributed by atoms with Gasteiger partial charge in [0, 0.05) is 31.1 Å². The number of alkyl halides is 2. The van der Waals surface area contributed by atoms with E-state index in [0.29, 0.717) is 48.8 Å². The van der Waals surface area contributed by atoms with Crippen LogP contribution in [0.5, 0.6) is 0 Å². The fraction of sp³-hybridized carbons (Fsp3) is 0.409. The molecule has 170 valence electrons. The number of pyridine rings is 1. The van der Waals surface area contributed by atoms with Crippen molar-refractivity contribution < 1.29 is 22.6 Å². The molecule has 3 aromatic rings. The SMILES string of the molecule is COCC1COCCN1c1cnc2c(C)nnc(NCc3cccc(C(F)F)c3F)c2c1. The predicted molar refractivity (Wildman–Crippen MR) is 115 cm³/mol. The first-order valence-corrected chi connectivity index (χ1v) is 10.2. The summed E-state index contributed by atoms with van der Waals surface area (Å²) in [6, 6.07) is 5.96. The molecule has 1 aromatic carbocycles. The molecule has 1 aliphatic rings. The van der Waals surface area contributed by atoms with Crippen LogP contribution in [0.1, 0.15) is 23.2 Å². The Bertz CT molecular complexity index is 1100. The number of halogens is 3. The van der Waals surface area contributed by atoms with Gasteiger partial charge in [0.1, 0.15) is 5.82 Å². The van der Waals surface area contributed by atoms with Crippen molar-refractivity contribution in [3.63, 3.8) is 0 Å². The fourth-order valence-corrected chi connectivity index (χ4v) is 3.85. The highest BCUT2D eigenvalue weighted by molar-refractivity contribution is 5.92. The Morgan fingerprint density at radius 2 is 2.16 bits per heavy atom. The first kappa shape index (κ1) is 22.2. The second-order valence-electron chi connectivity index (χ2n) is 7.58. The van der Waals surface area contributed by atoms with Crippen molar-refractivity contribution in [2.75, 3.05) is 43.7 Å². The second-order valence-corrected chi connectivity index (χ2v) is 7.58. The maximum absolute atomic E-state index is 14.4. The number of fused-ring (bicyclic) bond motifs is 1. The number of methoxy groups -OCH3 is 1. The number of hydrogen-bond acceptors (Lipinski definition) is 7. The lowest BCUT2D eigenvalue weighted by Gasteiger charge is -2.36. The highest BCUT2D eigenvalue weighted by Gasteiger charge is 2.24. The lowest BCUT2D eigenvalue weighted by atomic mass is 10.1. The smallest absolute Gasteiger partial charge is 0.266 e. The number of ether oxygens (including phenoxy) is 2. The van der Waals surface area contributed by atoms with Gasteiger partial charge >= 0.3 is 0 Å². The molecule has 0 amide bonds. The first-order valence-electron chi connectivity index (χ1n) is 10.2. The van der Waals surface area contributed by atoms with Crippen LogP contribution in [0, 0.1) is 12.7 Å². The average molecular weight is 447 g/mol. The molecule has 1 fully saturated rings. The Kier molecular flexibility index (Phi) is 6.71. The Morgan fingerprint density at radius 1 is 1.31 bits per heavy atom. The van der Waals surface area contributed by atoms with E-state index in [9.17, 15) is 13.2 Å². The van der Waals surface area contributed by atoms with E-state index >= 15 is 0 Å². The minimum absolute atomic E-state index is 0.0205.